The summed E-state index contributed by atoms with van der Waals surface area (Å²) in [6.45, 7) is 0.00716. The molecule has 152 valence electrons. The molecule has 1 aromatic heterocycles. The molecule has 4 aromatic rings. The molecule has 0 spiro atoms. The van der Waals surface area contributed by atoms with Crippen molar-refractivity contribution in [1.29, 1.82) is 0 Å². The van der Waals surface area contributed by atoms with Crippen LogP contribution in [0.15, 0.2) is 83.9 Å². The average Bonchev–Trinajstić information content (AvgIpc) is 3.29. The number of anilines is 1. The highest BCUT2D eigenvalue weighted by atomic mass is 32.2. The first-order chi connectivity index (χ1) is 14.5. The van der Waals surface area contributed by atoms with Crippen molar-refractivity contribution in [2.24, 2.45) is 0 Å². The molecule has 1 heterocycles. The van der Waals surface area contributed by atoms with Gasteiger partial charge in [-0.05, 0) is 46.7 Å². The number of amides is 1. The number of carbonyl (C=O) groups excluding carboxylic acids is 1. The van der Waals surface area contributed by atoms with Crippen LogP contribution in [-0.2, 0) is 14.8 Å². The molecular weight excluding hydrogens is 400 g/mol. The minimum Gasteiger partial charge on any atom is -0.326 e. The topological polar surface area (TPSA) is 104 Å². The maximum Gasteiger partial charge on any atom is 0.240 e. The zero-order valence-electron chi connectivity index (χ0n) is 16.0. The summed E-state index contributed by atoms with van der Waals surface area (Å²) >= 11 is 0. The van der Waals surface area contributed by atoms with Gasteiger partial charge in [0.1, 0.15) is 0 Å². The largest absolute Gasteiger partial charge is 0.326 e. The van der Waals surface area contributed by atoms with Gasteiger partial charge in [-0.15, -0.1) is 0 Å². The minimum atomic E-state index is -3.69. The number of fused-ring (bicyclic) bond motifs is 1. The molecule has 0 unspecified atom stereocenters. The summed E-state index contributed by atoms with van der Waals surface area (Å²) in [7, 11) is -3.69. The van der Waals surface area contributed by atoms with Gasteiger partial charge in [-0.1, -0.05) is 42.5 Å². The zero-order valence-corrected chi connectivity index (χ0v) is 16.8. The van der Waals surface area contributed by atoms with Crippen molar-refractivity contribution in [2.75, 3.05) is 11.9 Å². The van der Waals surface area contributed by atoms with Crippen LogP contribution < -0.4 is 10.0 Å². The summed E-state index contributed by atoms with van der Waals surface area (Å²) in [5.41, 5.74) is 2.48. The Balaban J connectivity index is 1.32. The third-order valence-electron chi connectivity index (χ3n) is 4.66. The number of hydrogen-bond acceptors (Lipinski definition) is 4. The molecule has 0 aliphatic rings. The summed E-state index contributed by atoms with van der Waals surface area (Å²) in [6.07, 6.45) is 1.69. The van der Waals surface area contributed by atoms with E-state index in [4.69, 9.17) is 0 Å². The quantitative estimate of drug-likeness (QED) is 0.425. The predicted molar refractivity (Wildman–Crippen MR) is 116 cm³/mol. The molecular formula is C22H20N4O3S. The number of H-pyrrole nitrogens is 1. The molecule has 0 saturated heterocycles. The fourth-order valence-corrected chi connectivity index (χ4v) is 4.16. The van der Waals surface area contributed by atoms with E-state index in [2.05, 4.69) is 20.2 Å². The predicted octanol–water partition coefficient (Wildman–Crippen LogP) is 3.54. The molecule has 30 heavy (non-hydrogen) atoms. The van der Waals surface area contributed by atoms with Gasteiger partial charge in [-0.25, -0.2) is 13.1 Å². The van der Waals surface area contributed by atoms with E-state index in [1.165, 1.54) is 0 Å². The Bertz CT molecular complexity index is 1270. The van der Waals surface area contributed by atoms with Gasteiger partial charge in [-0.2, -0.15) is 5.10 Å². The molecule has 3 aromatic carbocycles. The number of rotatable bonds is 7. The van der Waals surface area contributed by atoms with E-state index in [0.717, 1.165) is 22.0 Å². The number of hydrogen-bond donors (Lipinski definition) is 3. The van der Waals surface area contributed by atoms with Gasteiger partial charge < -0.3 is 5.32 Å². The number of nitrogens with zero attached hydrogens (tertiary/aromatic N) is 1. The van der Waals surface area contributed by atoms with Gasteiger partial charge in [0.05, 0.1) is 10.6 Å². The van der Waals surface area contributed by atoms with Crippen molar-refractivity contribution in [3.63, 3.8) is 0 Å². The van der Waals surface area contributed by atoms with Gasteiger partial charge in [0.2, 0.25) is 15.9 Å². The summed E-state index contributed by atoms with van der Waals surface area (Å²) < 4.78 is 27.5. The molecule has 7 nitrogen and oxygen atoms in total. The molecule has 0 saturated carbocycles. The molecule has 3 N–H and O–H groups in total. The summed E-state index contributed by atoms with van der Waals surface area (Å²) in [5.74, 6) is -0.273. The SMILES string of the molecule is O=C(CCNS(=O)(=O)c1ccc2ccccc2c1)Nc1ccc(-c2ccn[nH]2)cc1. The highest BCUT2D eigenvalue weighted by molar-refractivity contribution is 7.89. The van der Waals surface area contributed by atoms with Crippen LogP contribution in [0.3, 0.4) is 0 Å². The van der Waals surface area contributed by atoms with Gasteiger partial charge in [0.25, 0.3) is 0 Å². The highest BCUT2D eigenvalue weighted by Crippen LogP contribution is 2.20. The molecule has 4 rings (SSSR count). The lowest BCUT2D eigenvalue weighted by atomic mass is 10.1. The summed E-state index contributed by atoms with van der Waals surface area (Å²) in [6, 6.07) is 21.7. The monoisotopic (exact) mass is 420 g/mol. The van der Waals surface area contributed by atoms with Crippen LogP contribution in [0.1, 0.15) is 6.42 Å². The van der Waals surface area contributed by atoms with Gasteiger partial charge in [-0.3, -0.25) is 9.89 Å². The maximum atomic E-state index is 12.5. The van der Waals surface area contributed by atoms with Crippen LogP contribution in [0.5, 0.6) is 0 Å². The van der Waals surface area contributed by atoms with Crippen LogP contribution in [-0.4, -0.2) is 31.1 Å². The van der Waals surface area contributed by atoms with Crippen molar-refractivity contribution < 1.29 is 13.2 Å². The number of aromatic nitrogens is 2. The second-order valence-corrected chi connectivity index (χ2v) is 8.52. The Labute approximate surface area is 174 Å². The van der Waals surface area contributed by atoms with Crippen molar-refractivity contribution in [3.05, 3.63) is 79.0 Å². The first kappa shape index (κ1) is 19.8. The van der Waals surface area contributed by atoms with Crippen LogP contribution in [0, 0.1) is 0 Å². The molecule has 1 amide bonds. The summed E-state index contributed by atoms with van der Waals surface area (Å²) in [4.78, 5) is 12.3. The van der Waals surface area contributed by atoms with Crippen LogP contribution in [0.2, 0.25) is 0 Å². The third-order valence-corrected chi connectivity index (χ3v) is 6.11. The molecule has 0 radical (unpaired) electrons. The zero-order chi connectivity index (χ0) is 21.0. The standard InChI is InChI=1S/C22H20N4O3S/c27-22(25-19-8-5-17(6-9-19)21-11-13-23-26-21)12-14-24-30(28,29)20-10-7-16-3-1-2-4-18(16)15-20/h1-11,13,15,24H,12,14H2,(H,23,26)(H,25,27). The molecule has 0 atom stereocenters. The Hall–Kier alpha value is -3.49. The molecule has 0 fully saturated rings. The minimum absolute atomic E-state index is 0.00716. The first-order valence-corrected chi connectivity index (χ1v) is 10.9. The number of nitrogens with one attached hydrogen (secondary N) is 3. The van der Waals surface area contributed by atoms with E-state index in [0.29, 0.717) is 5.69 Å². The maximum absolute atomic E-state index is 12.5. The van der Waals surface area contributed by atoms with Crippen molar-refractivity contribution in [1.82, 2.24) is 14.9 Å². The second kappa shape index (κ2) is 8.48. The third kappa shape index (κ3) is 4.56. The van der Waals surface area contributed by atoms with E-state index in [9.17, 15) is 13.2 Å². The Kier molecular flexibility index (Phi) is 5.60. The number of sulfonamides is 1. The van der Waals surface area contributed by atoms with Crippen molar-refractivity contribution >= 4 is 32.4 Å². The van der Waals surface area contributed by atoms with Crippen LogP contribution in [0.25, 0.3) is 22.0 Å². The lowest BCUT2D eigenvalue weighted by Gasteiger charge is -2.09. The molecule has 0 aliphatic carbocycles. The van der Waals surface area contributed by atoms with Crippen LogP contribution in [0.4, 0.5) is 5.69 Å². The summed E-state index contributed by atoms with van der Waals surface area (Å²) in [5, 5.41) is 11.4. The fourth-order valence-electron chi connectivity index (χ4n) is 3.09. The lowest BCUT2D eigenvalue weighted by molar-refractivity contribution is -0.116. The van der Waals surface area contributed by atoms with Gasteiger partial charge in [0, 0.05) is 24.8 Å². The normalized spacial score (nSPS) is 11.5. The van der Waals surface area contributed by atoms with Crippen molar-refractivity contribution in [3.8, 4) is 11.3 Å². The first-order valence-electron chi connectivity index (χ1n) is 9.39. The van der Waals surface area contributed by atoms with E-state index in [1.54, 1.807) is 36.5 Å². The Morgan fingerprint density at radius 3 is 2.43 bits per heavy atom. The molecule has 0 bridgehead atoms. The number of aromatic amines is 1. The number of benzene rings is 3. The molecule has 8 heteroatoms. The fraction of sp³-hybridized carbons (Fsp3) is 0.0909. The van der Waals surface area contributed by atoms with Crippen LogP contribution >= 0.6 is 0 Å². The van der Waals surface area contributed by atoms with E-state index < -0.39 is 10.0 Å². The number of carbonyl (C=O) groups is 1. The smallest absolute Gasteiger partial charge is 0.240 e. The second-order valence-electron chi connectivity index (χ2n) is 6.75. The Morgan fingerprint density at radius 1 is 0.933 bits per heavy atom. The van der Waals surface area contributed by atoms with Gasteiger partial charge in [0.15, 0.2) is 0 Å². The molecule has 0 aliphatic heterocycles. The van der Waals surface area contributed by atoms with E-state index >= 15 is 0 Å². The lowest BCUT2D eigenvalue weighted by Crippen LogP contribution is -2.27. The highest BCUT2D eigenvalue weighted by Gasteiger charge is 2.15. The van der Waals surface area contributed by atoms with Crippen molar-refractivity contribution in [2.45, 2.75) is 11.3 Å². The Morgan fingerprint density at radius 2 is 1.70 bits per heavy atom. The van der Waals surface area contributed by atoms with Gasteiger partial charge >= 0.3 is 0 Å². The van der Waals surface area contributed by atoms with E-state index in [-0.39, 0.29) is 23.8 Å². The van der Waals surface area contributed by atoms with E-state index in [1.807, 2.05) is 42.5 Å². The average molecular weight is 420 g/mol.